The lowest BCUT2D eigenvalue weighted by molar-refractivity contribution is 0.544. The molecule has 0 amide bonds. The number of hydrogen-bond acceptors (Lipinski definition) is 1. The highest BCUT2D eigenvalue weighted by Gasteiger charge is 2.18. The van der Waals surface area contributed by atoms with Crippen molar-refractivity contribution in [2.24, 2.45) is 5.92 Å². The summed E-state index contributed by atoms with van der Waals surface area (Å²) in [5.41, 5.74) is 0. The van der Waals surface area contributed by atoms with Crippen LogP contribution < -0.4 is 5.32 Å². The molecule has 0 aliphatic heterocycles. The highest BCUT2D eigenvalue weighted by atomic mass is 14.9. The summed E-state index contributed by atoms with van der Waals surface area (Å²) in [6.07, 6.45) is 4.19. The Labute approximate surface area is 51.5 Å². The summed E-state index contributed by atoms with van der Waals surface area (Å²) >= 11 is 0. The van der Waals surface area contributed by atoms with Gasteiger partial charge in [0.15, 0.2) is 0 Å². The summed E-state index contributed by atoms with van der Waals surface area (Å²) in [6, 6.07) is 0.824. The smallest absolute Gasteiger partial charge is 0.00667 e. The van der Waals surface area contributed by atoms with Crippen molar-refractivity contribution in [1.29, 1.82) is 0 Å². The summed E-state index contributed by atoms with van der Waals surface area (Å²) < 4.78 is 0. The molecule has 0 aromatic heterocycles. The van der Waals surface area contributed by atoms with Gasteiger partial charge in [0, 0.05) is 6.04 Å². The van der Waals surface area contributed by atoms with E-state index in [1.54, 1.807) is 0 Å². The van der Waals surface area contributed by atoms with Crippen molar-refractivity contribution in [1.82, 2.24) is 5.32 Å². The quantitative estimate of drug-likeness (QED) is 0.542. The monoisotopic (exact) mass is 113 g/mol. The maximum atomic E-state index is 3.29. The number of rotatable bonds is 1. The van der Waals surface area contributed by atoms with Crippen LogP contribution in [0.1, 0.15) is 26.2 Å². The molecular formula is C7H15N. The van der Waals surface area contributed by atoms with E-state index in [0.717, 1.165) is 12.0 Å². The van der Waals surface area contributed by atoms with Crippen molar-refractivity contribution >= 4 is 0 Å². The molecule has 1 aliphatic rings. The van der Waals surface area contributed by atoms with Gasteiger partial charge in [-0.3, -0.25) is 0 Å². The molecule has 0 aromatic rings. The molecule has 0 aromatic carbocycles. The van der Waals surface area contributed by atoms with Crippen LogP contribution in [0, 0.1) is 5.92 Å². The third kappa shape index (κ3) is 1.22. The fourth-order valence-electron chi connectivity index (χ4n) is 1.47. The molecule has 0 heterocycles. The van der Waals surface area contributed by atoms with Crippen LogP contribution in [0.3, 0.4) is 0 Å². The molecule has 0 bridgehead atoms. The highest BCUT2D eigenvalue weighted by molar-refractivity contribution is 4.76. The van der Waals surface area contributed by atoms with Crippen molar-refractivity contribution < 1.29 is 0 Å². The Balaban J connectivity index is 2.22. The molecule has 0 unspecified atom stereocenters. The second-order valence-corrected chi connectivity index (χ2v) is 2.90. The summed E-state index contributed by atoms with van der Waals surface area (Å²) in [6.45, 7) is 2.33. The molecule has 1 heteroatoms. The molecule has 1 fully saturated rings. The van der Waals surface area contributed by atoms with Gasteiger partial charge in [-0.25, -0.2) is 0 Å². The number of nitrogens with one attached hydrogen (secondary N) is 1. The Hall–Kier alpha value is -0.0400. The summed E-state index contributed by atoms with van der Waals surface area (Å²) in [7, 11) is 2.06. The molecule has 1 rings (SSSR count). The van der Waals surface area contributed by atoms with E-state index < -0.39 is 0 Å². The van der Waals surface area contributed by atoms with Crippen LogP contribution in [-0.4, -0.2) is 13.1 Å². The van der Waals surface area contributed by atoms with Crippen molar-refractivity contribution in [3.05, 3.63) is 0 Å². The molecule has 0 radical (unpaired) electrons. The van der Waals surface area contributed by atoms with E-state index in [2.05, 4.69) is 19.3 Å². The van der Waals surface area contributed by atoms with E-state index in [9.17, 15) is 0 Å². The van der Waals surface area contributed by atoms with E-state index in [0.29, 0.717) is 0 Å². The predicted molar refractivity (Wildman–Crippen MR) is 35.9 cm³/mol. The van der Waals surface area contributed by atoms with Gasteiger partial charge in [0.2, 0.25) is 0 Å². The van der Waals surface area contributed by atoms with Crippen molar-refractivity contribution in [2.75, 3.05) is 7.05 Å². The fourth-order valence-corrected chi connectivity index (χ4v) is 1.47. The van der Waals surface area contributed by atoms with E-state index in [1.807, 2.05) is 0 Å². The SMILES string of the molecule is CN[C@@H]1CC[C@H](C)C1. The molecule has 1 aliphatic carbocycles. The minimum Gasteiger partial charge on any atom is -0.317 e. The van der Waals surface area contributed by atoms with Crippen molar-refractivity contribution in [3.8, 4) is 0 Å². The molecule has 1 saturated carbocycles. The summed E-state index contributed by atoms with van der Waals surface area (Å²) in [5, 5.41) is 3.29. The van der Waals surface area contributed by atoms with Crippen LogP contribution in [0.25, 0.3) is 0 Å². The molecule has 1 nitrogen and oxygen atoms in total. The molecule has 0 saturated heterocycles. The van der Waals surface area contributed by atoms with Crippen LogP contribution in [0.4, 0.5) is 0 Å². The zero-order valence-electron chi connectivity index (χ0n) is 5.78. The lowest BCUT2D eigenvalue weighted by atomic mass is 10.1. The van der Waals surface area contributed by atoms with Gasteiger partial charge in [0.05, 0.1) is 0 Å². The van der Waals surface area contributed by atoms with Gasteiger partial charge in [-0.2, -0.15) is 0 Å². The third-order valence-electron chi connectivity index (χ3n) is 2.10. The van der Waals surface area contributed by atoms with Gasteiger partial charge < -0.3 is 5.32 Å². The average Bonchev–Trinajstić information content (AvgIpc) is 2.14. The molecule has 2 atom stereocenters. The Bertz CT molecular complexity index is 70.8. The van der Waals surface area contributed by atoms with E-state index in [-0.39, 0.29) is 0 Å². The average molecular weight is 113 g/mol. The van der Waals surface area contributed by atoms with E-state index in [4.69, 9.17) is 0 Å². The molecule has 8 heavy (non-hydrogen) atoms. The first-order chi connectivity index (χ1) is 3.83. The van der Waals surface area contributed by atoms with Crippen LogP contribution >= 0.6 is 0 Å². The van der Waals surface area contributed by atoms with Gasteiger partial charge in [-0.05, 0) is 32.2 Å². The minimum atomic E-state index is 0.824. The van der Waals surface area contributed by atoms with Gasteiger partial charge in [0.1, 0.15) is 0 Å². The topological polar surface area (TPSA) is 12.0 Å². The van der Waals surface area contributed by atoms with Crippen LogP contribution in [0.15, 0.2) is 0 Å². The van der Waals surface area contributed by atoms with Crippen LogP contribution in [0.2, 0.25) is 0 Å². The second-order valence-electron chi connectivity index (χ2n) is 2.90. The van der Waals surface area contributed by atoms with E-state index in [1.165, 1.54) is 19.3 Å². The van der Waals surface area contributed by atoms with Gasteiger partial charge in [-0.15, -0.1) is 0 Å². The van der Waals surface area contributed by atoms with E-state index >= 15 is 0 Å². The fraction of sp³-hybridized carbons (Fsp3) is 1.00. The Morgan fingerprint density at radius 3 is 2.38 bits per heavy atom. The molecule has 0 spiro atoms. The van der Waals surface area contributed by atoms with Crippen molar-refractivity contribution in [2.45, 2.75) is 32.2 Å². The maximum Gasteiger partial charge on any atom is 0.00667 e. The maximum absolute atomic E-state index is 3.29. The van der Waals surface area contributed by atoms with Crippen LogP contribution in [-0.2, 0) is 0 Å². The molecule has 48 valence electrons. The molecular weight excluding hydrogens is 98.1 g/mol. The Kier molecular flexibility index (Phi) is 1.90. The largest absolute Gasteiger partial charge is 0.317 e. The van der Waals surface area contributed by atoms with Crippen LogP contribution in [0.5, 0.6) is 0 Å². The zero-order chi connectivity index (χ0) is 5.98. The summed E-state index contributed by atoms with van der Waals surface area (Å²) in [5.74, 6) is 0.965. The first-order valence-electron chi connectivity index (χ1n) is 3.50. The minimum absolute atomic E-state index is 0.824. The third-order valence-corrected chi connectivity index (χ3v) is 2.10. The van der Waals surface area contributed by atoms with Gasteiger partial charge in [0.25, 0.3) is 0 Å². The lowest BCUT2D eigenvalue weighted by Crippen LogP contribution is -2.20. The number of hydrogen-bond donors (Lipinski definition) is 1. The lowest BCUT2D eigenvalue weighted by Gasteiger charge is -2.04. The molecule has 1 N–H and O–H groups in total. The standard InChI is InChI=1S/C7H15N/c1-6-3-4-7(5-6)8-2/h6-8H,3-5H2,1-2H3/t6-,7+/m0/s1. The Morgan fingerprint density at radius 2 is 2.12 bits per heavy atom. The van der Waals surface area contributed by atoms with Gasteiger partial charge in [-0.1, -0.05) is 6.92 Å². The second kappa shape index (κ2) is 2.49. The Morgan fingerprint density at radius 1 is 1.38 bits per heavy atom. The normalized spacial score (nSPS) is 38.2. The van der Waals surface area contributed by atoms with Crippen molar-refractivity contribution in [3.63, 3.8) is 0 Å². The predicted octanol–water partition coefficient (Wildman–Crippen LogP) is 1.39. The highest BCUT2D eigenvalue weighted by Crippen LogP contribution is 2.23. The first kappa shape index (κ1) is 6.09. The van der Waals surface area contributed by atoms with Gasteiger partial charge >= 0.3 is 0 Å². The summed E-state index contributed by atoms with van der Waals surface area (Å²) in [4.78, 5) is 0. The first-order valence-corrected chi connectivity index (χ1v) is 3.50. The zero-order valence-corrected chi connectivity index (χ0v) is 5.78.